The molecule has 11 heavy (non-hydrogen) atoms. The first-order chi connectivity index (χ1) is 5.39. The fourth-order valence-corrected chi connectivity index (χ4v) is 2.64. The fourth-order valence-electron chi connectivity index (χ4n) is 1.76. The van der Waals surface area contributed by atoms with E-state index >= 15 is 0 Å². The van der Waals surface area contributed by atoms with Crippen molar-refractivity contribution in [3.05, 3.63) is 0 Å². The Kier molecular flexibility index (Phi) is 5.59. The predicted octanol–water partition coefficient (Wildman–Crippen LogP) is 4.31. The molecule has 1 saturated carbocycles. The third-order valence-electron chi connectivity index (χ3n) is 2.53. The summed E-state index contributed by atoms with van der Waals surface area (Å²) in [5.41, 5.74) is 0. The Morgan fingerprint density at radius 1 is 0.636 bits per heavy atom. The summed E-state index contributed by atoms with van der Waals surface area (Å²) >= 11 is 2.63. The lowest BCUT2D eigenvalue weighted by molar-refractivity contribution is 0.518. The van der Waals surface area contributed by atoms with Gasteiger partial charge in [-0.15, -0.1) is 0 Å². The van der Waals surface area contributed by atoms with Crippen LogP contribution in [0.5, 0.6) is 0 Å². The molecule has 0 nitrogen and oxygen atoms in total. The van der Waals surface area contributed by atoms with Gasteiger partial charge in [0.25, 0.3) is 0 Å². The molecule has 1 fully saturated rings. The maximum Gasteiger partial charge on any atom is 0.0110 e. The number of alkyl halides is 1. The molecule has 0 aromatic rings. The lowest BCUT2D eigenvalue weighted by atomic mass is 10.0. The van der Waals surface area contributed by atoms with Crippen molar-refractivity contribution in [3.63, 3.8) is 0 Å². The van der Waals surface area contributed by atoms with E-state index < -0.39 is 0 Å². The van der Waals surface area contributed by atoms with Crippen molar-refractivity contribution < 1.29 is 0 Å². The van der Waals surface area contributed by atoms with Crippen LogP contribution in [-0.4, -0.2) is 3.92 Å². The van der Waals surface area contributed by atoms with Gasteiger partial charge in [0.1, 0.15) is 0 Å². The zero-order valence-electron chi connectivity index (χ0n) is 7.32. The van der Waals surface area contributed by atoms with Gasteiger partial charge in [-0.2, -0.15) is 0 Å². The summed E-state index contributed by atoms with van der Waals surface area (Å²) in [4.78, 5) is 0. The van der Waals surface area contributed by atoms with E-state index in [1.54, 1.807) is 0 Å². The molecule has 0 aromatic carbocycles. The second-order valence-electron chi connectivity index (χ2n) is 3.65. The molecule has 0 aromatic heterocycles. The highest BCUT2D eigenvalue weighted by atomic mass is 127. The van der Waals surface area contributed by atoms with Crippen molar-refractivity contribution in [2.45, 2.75) is 61.7 Å². The first kappa shape index (κ1) is 9.82. The van der Waals surface area contributed by atoms with E-state index in [1.807, 2.05) is 0 Å². The Hall–Kier alpha value is 0.730. The monoisotopic (exact) mass is 266 g/mol. The summed E-state index contributed by atoms with van der Waals surface area (Å²) in [6.07, 6.45) is 13.3. The van der Waals surface area contributed by atoms with Crippen molar-refractivity contribution in [3.8, 4) is 0 Å². The van der Waals surface area contributed by atoms with Crippen LogP contribution in [0.15, 0.2) is 0 Å². The van der Waals surface area contributed by atoms with Crippen molar-refractivity contribution in [2.24, 2.45) is 0 Å². The van der Waals surface area contributed by atoms with Gasteiger partial charge in [0.05, 0.1) is 0 Å². The predicted molar refractivity (Wildman–Crippen MR) is 59.4 cm³/mol. The third kappa shape index (κ3) is 5.05. The summed E-state index contributed by atoms with van der Waals surface area (Å²) < 4.78 is 0.977. The normalized spacial score (nSPS) is 24.8. The Balaban J connectivity index is 2.12. The van der Waals surface area contributed by atoms with Crippen LogP contribution in [0.25, 0.3) is 0 Å². The van der Waals surface area contributed by atoms with Crippen LogP contribution in [0.2, 0.25) is 0 Å². The minimum absolute atomic E-state index is 0.977. The van der Waals surface area contributed by atoms with Gasteiger partial charge in [0.2, 0.25) is 0 Å². The average Bonchev–Trinajstić information content (AvgIpc) is 2.03. The summed E-state index contributed by atoms with van der Waals surface area (Å²) in [7, 11) is 0. The fraction of sp³-hybridized carbons (Fsp3) is 1.00. The van der Waals surface area contributed by atoms with Gasteiger partial charge in [-0.3, -0.25) is 0 Å². The molecule has 0 heterocycles. The molecule has 1 heteroatoms. The highest BCUT2D eigenvalue weighted by Gasteiger charge is 2.04. The third-order valence-corrected chi connectivity index (χ3v) is 3.78. The molecule has 1 rings (SSSR count). The van der Waals surface area contributed by atoms with Gasteiger partial charge >= 0.3 is 0 Å². The Morgan fingerprint density at radius 3 is 1.45 bits per heavy atom. The van der Waals surface area contributed by atoms with Gasteiger partial charge in [-0.05, 0) is 12.8 Å². The van der Waals surface area contributed by atoms with E-state index in [0.717, 1.165) is 3.92 Å². The maximum absolute atomic E-state index is 2.63. The van der Waals surface area contributed by atoms with E-state index in [0.29, 0.717) is 0 Å². The van der Waals surface area contributed by atoms with E-state index in [2.05, 4.69) is 22.6 Å². The summed E-state index contributed by atoms with van der Waals surface area (Å²) in [5.74, 6) is 0. The van der Waals surface area contributed by atoms with Crippen LogP contribution >= 0.6 is 22.6 Å². The minimum atomic E-state index is 0.977. The van der Waals surface area contributed by atoms with E-state index in [4.69, 9.17) is 0 Å². The van der Waals surface area contributed by atoms with Gasteiger partial charge in [-0.25, -0.2) is 0 Å². The largest absolute Gasteiger partial charge is 0.0826 e. The number of halogens is 1. The van der Waals surface area contributed by atoms with Crippen LogP contribution in [0.4, 0.5) is 0 Å². The Morgan fingerprint density at radius 2 is 1.00 bits per heavy atom. The lowest BCUT2D eigenvalue weighted by Gasteiger charge is -2.11. The standard InChI is InChI=1S/C10H19I/c11-10-8-6-4-2-1-3-5-7-9-10/h10H,1-9H2. The summed E-state index contributed by atoms with van der Waals surface area (Å²) in [6, 6.07) is 0. The number of hydrogen-bond donors (Lipinski definition) is 0. The Bertz CT molecular complexity index is 80.9. The molecule has 66 valence electrons. The molecule has 0 spiro atoms. The first-order valence-electron chi connectivity index (χ1n) is 5.03. The topological polar surface area (TPSA) is 0 Å². The molecule has 0 aliphatic heterocycles. The molecule has 0 N–H and O–H groups in total. The van der Waals surface area contributed by atoms with Crippen molar-refractivity contribution >= 4 is 22.6 Å². The van der Waals surface area contributed by atoms with Crippen LogP contribution in [-0.2, 0) is 0 Å². The highest BCUT2D eigenvalue weighted by molar-refractivity contribution is 14.1. The molecule has 0 radical (unpaired) electrons. The second-order valence-corrected chi connectivity index (χ2v) is 5.41. The van der Waals surface area contributed by atoms with Gasteiger partial charge < -0.3 is 0 Å². The second kappa shape index (κ2) is 6.27. The summed E-state index contributed by atoms with van der Waals surface area (Å²) in [5, 5.41) is 0. The molecular weight excluding hydrogens is 247 g/mol. The molecule has 0 amide bonds. The Labute approximate surface area is 84.3 Å². The van der Waals surface area contributed by atoms with Crippen molar-refractivity contribution in [1.29, 1.82) is 0 Å². The molecule has 0 unspecified atom stereocenters. The molecule has 1 aliphatic carbocycles. The lowest BCUT2D eigenvalue weighted by Crippen LogP contribution is -1.99. The smallest absolute Gasteiger partial charge is 0.0110 e. The SMILES string of the molecule is IC1CCCCCCCCC1. The van der Waals surface area contributed by atoms with Crippen LogP contribution in [0, 0.1) is 0 Å². The van der Waals surface area contributed by atoms with Gasteiger partial charge in [0.15, 0.2) is 0 Å². The van der Waals surface area contributed by atoms with Crippen molar-refractivity contribution in [1.82, 2.24) is 0 Å². The first-order valence-corrected chi connectivity index (χ1v) is 6.28. The zero-order chi connectivity index (χ0) is 7.94. The average molecular weight is 266 g/mol. The van der Waals surface area contributed by atoms with Gasteiger partial charge in [-0.1, -0.05) is 67.5 Å². The molecule has 1 aliphatic rings. The van der Waals surface area contributed by atoms with E-state index in [1.165, 1.54) is 57.8 Å². The maximum atomic E-state index is 2.63. The highest BCUT2D eigenvalue weighted by Crippen LogP contribution is 2.21. The van der Waals surface area contributed by atoms with Crippen LogP contribution in [0.3, 0.4) is 0 Å². The summed E-state index contributed by atoms with van der Waals surface area (Å²) in [6.45, 7) is 0. The minimum Gasteiger partial charge on any atom is -0.0826 e. The number of hydrogen-bond acceptors (Lipinski definition) is 0. The molecule has 0 atom stereocenters. The van der Waals surface area contributed by atoms with Crippen molar-refractivity contribution in [2.75, 3.05) is 0 Å². The van der Waals surface area contributed by atoms with E-state index in [9.17, 15) is 0 Å². The van der Waals surface area contributed by atoms with Crippen LogP contribution in [0.1, 0.15) is 57.8 Å². The molecule has 0 bridgehead atoms. The zero-order valence-corrected chi connectivity index (χ0v) is 9.48. The molecule has 0 saturated heterocycles. The van der Waals surface area contributed by atoms with E-state index in [-0.39, 0.29) is 0 Å². The quantitative estimate of drug-likeness (QED) is 0.452. The molecular formula is C10H19I. The van der Waals surface area contributed by atoms with Gasteiger partial charge in [0, 0.05) is 3.92 Å². The number of rotatable bonds is 0. The van der Waals surface area contributed by atoms with Crippen LogP contribution < -0.4 is 0 Å².